The number of hydrogen-bond donors (Lipinski definition) is 0. The number of amides is 2. The van der Waals surface area contributed by atoms with Crippen LogP contribution in [0.4, 0.5) is 0 Å². The molecule has 2 amide bonds. The molecule has 0 spiro atoms. The van der Waals surface area contributed by atoms with Crippen LogP contribution in [-0.2, 0) is 4.79 Å². The number of carbonyl (C=O) groups is 2. The highest BCUT2D eigenvalue weighted by atomic mass is 16.3. The van der Waals surface area contributed by atoms with Gasteiger partial charge in [0.05, 0.1) is 5.69 Å². The van der Waals surface area contributed by atoms with Crippen LogP contribution in [0.25, 0.3) is 0 Å². The second-order valence-electron chi connectivity index (χ2n) is 9.80. The summed E-state index contributed by atoms with van der Waals surface area (Å²) in [5.41, 5.74) is 0.666. The van der Waals surface area contributed by atoms with Crippen molar-refractivity contribution in [1.29, 1.82) is 0 Å². The van der Waals surface area contributed by atoms with Gasteiger partial charge in [-0.3, -0.25) is 9.59 Å². The van der Waals surface area contributed by atoms with E-state index in [-0.39, 0.29) is 5.91 Å². The van der Waals surface area contributed by atoms with Crippen LogP contribution in [0.3, 0.4) is 0 Å². The molecule has 6 heteroatoms. The van der Waals surface area contributed by atoms with E-state index in [2.05, 4.69) is 9.88 Å². The molecule has 1 aliphatic carbocycles. The van der Waals surface area contributed by atoms with E-state index in [0.717, 1.165) is 44.7 Å². The summed E-state index contributed by atoms with van der Waals surface area (Å²) in [5, 5.41) is 0. The third-order valence-electron chi connectivity index (χ3n) is 8.02. The van der Waals surface area contributed by atoms with E-state index >= 15 is 0 Å². The molecule has 4 atom stereocenters. The molecule has 4 fully saturated rings. The number of piperidine rings is 3. The van der Waals surface area contributed by atoms with E-state index in [1.807, 2.05) is 11.8 Å². The first-order chi connectivity index (χ1) is 14.1. The van der Waals surface area contributed by atoms with Crippen molar-refractivity contribution in [3.05, 3.63) is 17.8 Å². The van der Waals surface area contributed by atoms with Crippen molar-refractivity contribution in [2.24, 2.45) is 17.8 Å². The van der Waals surface area contributed by atoms with Gasteiger partial charge in [-0.15, -0.1) is 0 Å². The zero-order valence-corrected chi connectivity index (χ0v) is 17.5. The third-order valence-corrected chi connectivity index (χ3v) is 8.02. The molecule has 4 heterocycles. The van der Waals surface area contributed by atoms with Gasteiger partial charge < -0.3 is 14.2 Å². The number of rotatable bonds is 3. The fourth-order valence-corrected chi connectivity index (χ4v) is 6.66. The van der Waals surface area contributed by atoms with E-state index in [9.17, 15) is 9.59 Å². The number of aromatic nitrogens is 1. The van der Waals surface area contributed by atoms with Gasteiger partial charge in [-0.2, -0.15) is 0 Å². The molecule has 0 aromatic carbocycles. The van der Waals surface area contributed by atoms with Crippen molar-refractivity contribution in [2.45, 2.75) is 83.2 Å². The number of nitrogens with zero attached hydrogens (tertiary/aromatic N) is 3. The molecule has 0 N–H and O–H groups in total. The normalized spacial score (nSPS) is 32.9. The Labute approximate surface area is 173 Å². The van der Waals surface area contributed by atoms with Gasteiger partial charge in [-0.1, -0.05) is 32.1 Å². The lowest BCUT2D eigenvalue weighted by Gasteiger charge is -2.57. The van der Waals surface area contributed by atoms with Gasteiger partial charge in [0.2, 0.25) is 11.7 Å². The van der Waals surface area contributed by atoms with E-state index < -0.39 is 0 Å². The molecular formula is C23H33N3O3. The van der Waals surface area contributed by atoms with Crippen molar-refractivity contribution in [3.63, 3.8) is 0 Å². The lowest BCUT2D eigenvalue weighted by atomic mass is 9.69. The van der Waals surface area contributed by atoms with E-state index in [1.165, 1.54) is 38.5 Å². The number of carbonyl (C=O) groups excluding carboxylic acids is 2. The summed E-state index contributed by atoms with van der Waals surface area (Å²) in [6, 6.07) is 0.617. The highest BCUT2D eigenvalue weighted by molar-refractivity contribution is 5.92. The molecule has 6 nitrogen and oxygen atoms in total. The van der Waals surface area contributed by atoms with Gasteiger partial charge in [0.1, 0.15) is 0 Å². The molecule has 1 saturated carbocycles. The Balaban J connectivity index is 1.40. The largest absolute Gasteiger partial charge is 0.438 e. The minimum Gasteiger partial charge on any atom is -0.438 e. The standard InChI is InChI=1S/C23H33N3O3/c1-15-22(29-14-24-15)23(28)25-12-17-11-18(13-25)20(10-16-6-3-2-4-7-16)26-19(17)8-5-9-21(26)27/h14,16-20H,2-13H2,1H3/t17-,18+,19+,20+/m1/s1. The summed E-state index contributed by atoms with van der Waals surface area (Å²) in [6.45, 7) is 3.30. The maximum Gasteiger partial charge on any atom is 0.291 e. The molecule has 0 radical (unpaired) electrons. The van der Waals surface area contributed by atoms with Crippen LogP contribution in [0, 0.1) is 24.7 Å². The summed E-state index contributed by atoms with van der Waals surface area (Å²) in [4.78, 5) is 34.5. The Bertz CT molecular complexity index is 769. The van der Waals surface area contributed by atoms with Crippen molar-refractivity contribution in [1.82, 2.24) is 14.8 Å². The van der Waals surface area contributed by atoms with Crippen LogP contribution >= 0.6 is 0 Å². The number of oxazole rings is 1. The first-order valence-corrected chi connectivity index (χ1v) is 11.6. The quantitative estimate of drug-likeness (QED) is 0.775. The number of fused-ring (bicyclic) bond motifs is 4. The lowest BCUT2D eigenvalue weighted by Crippen LogP contribution is -2.65. The molecule has 3 saturated heterocycles. The zero-order valence-electron chi connectivity index (χ0n) is 17.5. The Morgan fingerprint density at radius 2 is 1.93 bits per heavy atom. The van der Waals surface area contributed by atoms with Crippen molar-refractivity contribution in [3.8, 4) is 0 Å². The lowest BCUT2D eigenvalue weighted by molar-refractivity contribution is -0.153. The summed E-state index contributed by atoms with van der Waals surface area (Å²) < 4.78 is 5.41. The van der Waals surface area contributed by atoms with Gasteiger partial charge >= 0.3 is 0 Å². The molecule has 2 bridgehead atoms. The molecule has 1 aromatic rings. The first-order valence-electron chi connectivity index (χ1n) is 11.6. The average molecular weight is 400 g/mol. The second kappa shape index (κ2) is 7.77. The van der Waals surface area contributed by atoms with Crippen LogP contribution in [0.5, 0.6) is 0 Å². The van der Waals surface area contributed by atoms with Crippen molar-refractivity contribution >= 4 is 11.8 Å². The molecule has 4 aliphatic rings. The minimum absolute atomic E-state index is 0.0262. The second-order valence-corrected chi connectivity index (χ2v) is 9.80. The predicted molar refractivity (Wildman–Crippen MR) is 108 cm³/mol. The number of likely N-dealkylation sites (tertiary alicyclic amines) is 1. The molecule has 29 heavy (non-hydrogen) atoms. The Morgan fingerprint density at radius 1 is 1.14 bits per heavy atom. The molecular weight excluding hydrogens is 366 g/mol. The Hall–Kier alpha value is -1.85. The first kappa shape index (κ1) is 19.1. The van der Waals surface area contributed by atoms with Crippen LogP contribution in [0.1, 0.15) is 80.5 Å². The highest BCUT2D eigenvalue weighted by Crippen LogP contribution is 2.44. The average Bonchev–Trinajstić information content (AvgIpc) is 3.17. The summed E-state index contributed by atoms with van der Waals surface area (Å²) in [7, 11) is 0. The SMILES string of the molecule is Cc1ncoc1C(=O)N1C[C@H]2C[C@@H](C1)[C@H](CC1CCCCC1)N1C(=O)CCC[C@@H]21. The van der Waals surface area contributed by atoms with Crippen molar-refractivity contribution < 1.29 is 14.0 Å². The summed E-state index contributed by atoms with van der Waals surface area (Å²) >= 11 is 0. The molecule has 3 aliphatic heterocycles. The summed E-state index contributed by atoms with van der Waals surface area (Å²) in [6.07, 6.45) is 13.1. The van der Waals surface area contributed by atoms with E-state index in [1.54, 1.807) is 0 Å². The zero-order chi connectivity index (χ0) is 20.0. The maximum absolute atomic E-state index is 13.1. The van der Waals surface area contributed by atoms with Gasteiger partial charge in [-0.25, -0.2) is 4.98 Å². The monoisotopic (exact) mass is 399 g/mol. The van der Waals surface area contributed by atoms with Gasteiger partial charge in [-0.05, 0) is 50.4 Å². The Kier molecular flexibility index (Phi) is 5.12. The Morgan fingerprint density at radius 3 is 2.69 bits per heavy atom. The molecule has 5 rings (SSSR count). The van der Waals surface area contributed by atoms with Crippen LogP contribution in [0.15, 0.2) is 10.8 Å². The van der Waals surface area contributed by atoms with Crippen LogP contribution in [0.2, 0.25) is 0 Å². The van der Waals surface area contributed by atoms with Gasteiger partial charge in [0.25, 0.3) is 5.91 Å². The van der Waals surface area contributed by atoms with Crippen LogP contribution in [-0.4, -0.2) is 51.8 Å². The topological polar surface area (TPSA) is 66.7 Å². The third kappa shape index (κ3) is 3.49. The fourth-order valence-electron chi connectivity index (χ4n) is 6.66. The van der Waals surface area contributed by atoms with E-state index in [0.29, 0.717) is 47.7 Å². The number of hydrogen-bond acceptors (Lipinski definition) is 4. The fraction of sp³-hybridized carbons (Fsp3) is 0.783. The molecule has 158 valence electrons. The summed E-state index contributed by atoms with van der Waals surface area (Å²) in [5.74, 6) is 2.24. The predicted octanol–water partition coefficient (Wildman–Crippen LogP) is 3.80. The maximum atomic E-state index is 13.1. The minimum atomic E-state index is -0.0262. The number of aryl methyl sites for hydroxylation is 1. The van der Waals surface area contributed by atoms with E-state index in [4.69, 9.17) is 4.42 Å². The van der Waals surface area contributed by atoms with Gasteiger partial charge in [0, 0.05) is 31.6 Å². The van der Waals surface area contributed by atoms with Crippen LogP contribution < -0.4 is 0 Å². The smallest absolute Gasteiger partial charge is 0.291 e. The van der Waals surface area contributed by atoms with Gasteiger partial charge in [0.15, 0.2) is 6.39 Å². The molecule has 0 unspecified atom stereocenters. The van der Waals surface area contributed by atoms with Crippen molar-refractivity contribution in [2.75, 3.05) is 13.1 Å². The highest BCUT2D eigenvalue weighted by Gasteiger charge is 2.50. The molecule has 1 aromatic heterocycles.